The Morgan fingerprint density at radius 1 is 1.32 bits per heavy atom. The Morgan fingerprint density at radius 2 is 2.00 bits per heavy atom. The highest BCUT2D eigenvalue weighted by Crippen LogP contribution is 2.20. The van der Waals surface area contributed by atoms with Crippen LogP contribution in [0.5, 0.6) is 11.5 Å². The van der Waals surface area contributed by atoms with E-state index in [0.717, 1.165) is 0 Å². The van der Waals surface area contributed by atoms with Gasteiger partial charge in [0.1, 0.15) is 11.5 Å². The van der Waals surface area contributed by atoms with E-state index in [9.17, 15) is 13.2 Å². The van der Waals surface area contributed by atoms with Gasteiger partial charge in [0.15, 0.2) is 16.4 Å². The summed E-state index contributed by atoms with van der Waals surface area (Å²) in [5, 5.41) is 0. The third-order valence-electron chi connectivity index (χ3n) is 3.63. The van der Waals surface area contributed by atoms with Crippen molar-refractivity contribution < 1.29 is 22.7 Å². The van der Waals surface area contributed by atoms with Crippen LogP contribution >= 0.6 is 0 Å². The third kappa shape index (κ3) is 4.37. The molecule has 0 saturated carbocycles. The fourth-order valence-corrected chi connectivity index (χ4v) is 4.13. The molecule has 0 N–H and O–H groups in total. The summed E-state index contributed by atoms with van der Waals surface area (Å²) >= 11 is 0. The van der Waals surface area contributed by atoms with Crippen molar-refractivity contribution in [3.05, 3.63) is 24.3 Å². The van der Waals surface area contributed by atoms with Crippen LogP contribution in [0.15, 0.2) is 24.3 Å². The van der Waals surface area contributed by atoms with Gasteiger partial charge in [0.25, 0.3) is 5.91 Å². The van der Waals surface area contributed by atoms with Gasteiger partial charge in [-0.2, -0.15) is 0 Å². The molecule has 1 aromatic rings. The lowest BCUT2D eigenvalue weighted by Crippen LogP contribution is -2.40. The van der Waals surface area contributed by atoms with Crippen LogP contribution < -0.4 is 9.47 Å². The summed E-state index contributed by atoms with van der Waals surface area (Å²) in [4.78, 5) is 13.6. The molecule has 1 aliphatic heterocycles. The minimum atomic E-state index is -3.00. The second-order valence-electron chi connectivity index (χ2n) is 5.26. The molecule has 1 aliphatic rings. The monoisotopic (exact) mass is 327 g/mol. The largest absolute Gasteiger partial charge is 0.494 e. The molecule has 0 spiro atoms. The number of likely N-dealkylation sites (N-methyl/N-ethyl adjacent to an activating group) is 1. The highest BCUT2D eigenvalue weighted by atomic mass is 32.2. The number of hydrogen-bond acceptors (Lipinski definition) is 5. The SMILES string of the molecule is CCOc1cccc(OCC(=O)N(C)C2CCS(=O)(=O)C2)c1. The van der Waals surface area contributed by atoms with Gasteiger partial charge < -0.3 is 14.4 Å². The third-order valence-corrected chi connectivity index (χ3v) is 5.38. The average Bonchev–Trinajstić information content (AvgIpc) is 2.85. The first-order chi connectivity index (χ1) is 10.4. The average molecular weight is 327 g/mol. The van der Waals surface area contributed by atoms with Crippen molar-refractivity contribution >= 4 is 15.7 Å². The number of amides is 1. The van der Waals surface area contributed by atoms with Gasteiger partial charge in [0, 0.05) is 19.2 Å². The normalized spacial score (nSPS) is 19.6. The van der Waals surface area contributed by atoms with E-state index in [0.29, 0.717) is 24.5 Å². The van der Waals surface area contributed by atoms with Crippen molar-refractivity contribution in [1.82, 2.24) is 4.90 Å². The molecular weight excluding hydrogens is 306 g/mol. The van der Waals surface area contributed by atoms with Gasteiger partial charge in [-0.15, -0.1) is 0 Å². The van der Waals surface area contributed by atoms with E-state index in [2.05, 4.69) is 0 Å². The van der Waals surface area contributed by atoms with Crippen LogP contribution in [0.4, 0.5) is 0 Å². The Labute approximate surface area is 130 Å². The van der Waals surface area contributed by atoms with E-state index in [1.165, 1.54) is 4.90 Å². The number of carbonyl (C=O) groups is 1. The van der Waals surface area contributed by atoms with Crippen molar-refractivity contribution in [2.45, 2.75) is 19.4 Å². The molecule has 0 aromatic heterocycles. The lowest BCUT2D eigenvalue weighted by atomic mass is 10.2. The van der Waals surface area contributed by atoms with Crippen molar-refractivity contribution in [3.8, 4) is 11.5 Å². The molecule has 0 aliphatic carbocycles. The minimum absolute atomic E-state index is 0.0368. The highest BCUT2D eigenvalue weighted by molar-refractivity contribution is 7.91. The van der Waals surface area contributed by atoms with Crippen molar-refractivity contribution in [2.75, 3.05) is 31.8 Å². The van der Waals surface area contributed by atoms with E-state index >= 15 is 0 Å². The van der Waals surface area contributed by atoms with Crippen molar-refractivity contribution in [3.63, 3.8) is 0 Å². The Kier molecular flexibility index (Phi) is 5.28. The molecule has 1 unspecified atom stereocenters. The van der Waals surface area contributed by atoms with Gasteiger partial charge in [0.2, 0.25) is 0 Å². The predicted octanol–water partition coefficient (Wildman–Crippen LogP) is 1.11. The molecule has 0 radical (unpaired) electrons. The Bertz CT molecular complexity index is 629. The zero-order valence-electron chi connectivity index (χ0n) is 12.8. The molecule has 7 heteroatoms. The minimum Gasteiger partial charge on any atom is -0.494 e. The molecule has 1 saturated heterocycles. The number of sulfone groups is 1. The summed E-state index contributed by atoms with van der Waals surface area (Å²) < 4.78 is 33.8. The van der Waals surface area contributed by atoms with E-state index in [4.69, 9.17) is 9.47 Å². The van der Waals surface area contributed by atoms with Gasteiger partial charge in [-0.1, -0.05) is 6.07 Å². The zero-order chi connectivity index (χ0) is 16.2. The van der Waals surface area contributed by atoms with E-state index in [1.807, 2.05) is 13.0 Å². The second kappa shape index (κ2) is 7.00. The number of benzene rings is 1. The van der Waals surface area contributed by atoms with Gasteiger partial charge in [-0.25, -0.2) is 8.42 Å². The van der Waals surface area contributed by atoms with E-state index in [1.54, 1.807) is 25.2 Å². The Morgan fingerprint density at radius 3 is 2.59 bits per heavy atom. The van der Waals surface area contributed by atoms with Crippen LogP contribution in [0.25, 0.3) is 0 Å². The molecule has 122 valence electrons. The quantitative estimate of drug-likeness (QED) is 0.782. The Hall–Kier alpha value is -1.76. The molecule has 0 bridgehead atoms. The highest BCUT2D eigenvalue weighted by Gasteiger charge is 2.32. The first-order valence-corrected chi connectivity index (χ1v) is 9.05. The van der Waals surface area contributed by atoms with Crippen LogP contribution in [0.2, 0.25) is 0 Å². The molecule has 1 atom stereocenters. The number of ether oxygens (including phenoxy) is 2. The summed E-state index contributed by atoms with van der Waals surface area (Å²) in [5.41, 5.74) is 0. The predicted molar refractivity (Wildman–Crippen MR) is 82.9 cm³/mol. The molecule has 1 heterocycles. The summed E-state index contributed by atoms with van der Waals surface area (Å²) in [5.74, 6) is 1.18. The Balaban J connectivity index is 1.88. The summed E-state index contributed by atoms with van der Waals surface area (Å²) in [6.07, 6.45) is 0.490. The first kappa shape index (κ1) is 16.6. The lowest BCUT2D eigenvalue weighted by molar-refractivity contribution is -0.133. The van der Waals surface area contributed by atoms with Crippen LogP contribution in [-0.2, 0) is 14.6 Å². The molecular formula is C15H21NO5S. The lowest BCUT2D eigenvalue weighted by Gasteiger charge is -2.23. The standard InChI is InChI=1S/C15H21NO5S/c1-3-20-13-5-4-6-14(9-13)21-10-15(17)16(2)12-7-8-22(18,19)11-12/h4-6,9,12H,3,7-8,10-11H2,1-2H3. The van der Waals surface area contributed by atoms with E-state index in [-0.39, 0.29) is 30.1 Å². The molecule has 1 fully saturated rings. The molecule has 2 rings (SSSR count). The maximum atomic E-state index is 12.1. The fourth-order valence-electron chi connectivity index (χ4n) is 2.35. The van der Waals surface area contributed by atoms with Crippen LogP contribution in [0, 0.1) is 0 Å². The number of nitrogens with zero attached hydrogens (tertiary/aromatic N) is 1. The number of carbonyl (C=O) groups excluding carboxylic acids is 1. The fraction of sp³-hybridized carbons (Fsp3) is 0.533. The van der Waals surface area contributed by atoms with E-state index < -0.39 is 9.84 Å². The smallest absolute Gasteiger partial charge is 0.260 e. The number of hydrogen-bond donors (Lipinski definition) is 0. The van der Waals surface area contributed by atoms with Crippen molar-refractivity contribution in [2.24, 2.45) is 0 Å². The molecule has 1 amide bonds. The zero-order valence-corrected chi connectivity index (χ0v) is 13.6. The topological polar surface area (TPSA) is 72.9 Å². The number of rotatable bonds is 6. The maximum absolute atomic E-state index is 12.1. The van der Waals surface area contributed by atoms with Gasteiger partial charge in [0.05, 0.1) is 18.1 Å². The van der Waals surface area contributed by atoms with Gasteiger partial charge in [-0.05, 0) is 25.5 Å². The van der Waals surface area contributed by atoms with Gasteiger partial charge in [-0.3, -0.25) is 4.79 Å². The van der Waals surface area contributed by atoms with Crippen LogP contribution in [0.3, 0.4) is 0 Å². The summed E-state index contributed by atoms with van der Waals surface area (Å²) in [7, 11) is -1.39. The maximum Gasteiger partial charge on any atom is 0.260 e. The molecule has 22 heavy (non-hydrogen) atoms. The molecule has 1 aromatic carbocycles. The second-order valence-corrected chi connectivity index (χ2v) is 7.49. The first-order valence-electron chi connectivity index (χ1n) is 7.23. The van der Waals surface area contributed by atoms with Gasteiger partial charge >= 0.3 is 0 Å². The summed E-state index contributed by atoms with van der Waals surface area (Å²) in [6, 6.07) is 6.81. The van der Waals surface area contributed by atoms with Crippen molar-refractivity contribution in [1.29, 1.82) is 0 Å². The summed E-state index contributed by atoms with van der Waals surface area (Å²) in [6.45, 7) is 2.32. The van der Waals surface area contributed by atoms with Crippen LogP contribution in [0.1, 0.15) is 13.3 Å². The van der Waals surface area contributed by atoms with Crippen LogP contribution in [-0.4, -0.2) is 57.0 Å². The molecule has 6 nitrogen and oxygen atoms in total.